The molecule has 1 unspecified atom stereocenters. The van der Waals surface area contributed by atoms with Crippen molar-refractivity contribution in [3.63, 3.8) is 0 Å². The lowest BCUT2D eigenvalue weighted by Crippen LogP contribution is -2.08. The molecule has 1 nitrogen and oxygen atoms in total. The van der Waals surface area contributed by atoms with Crippen molar-refractivity contribution >= 4 is 11.8 Å². The summed E-state index contributed by atoms with van der Waals surface area (Å²) in [5.41, 5.74) is 7.63. The zero-order chi connectivity index (χ0) is 13.1. The van der Waals surface area contributed by atoms with Gasteiger partial charge in [0.05, 0.1) is 0 Å². The molecule has 1 atom stereocenters. The zero-order valence-electron chi connectivity index (χ0n) is 10.5. The molecule has 0 spiro atoms. The Bertz CT molecular complexity index is 552. The van der Waals surface area contributed by atoms with Crippen LogP contribution in [0.25, 0.3) is 0 Å². The molecule has 0 aliphatic rings. The van der Waals surface area contributed by atoms with Gasteiger partial charge in [0.25, 0.3) is 0 Å². The van der Waals surface area contributed by atoms with Gasteiger partial charge in [-0.15, -0.1) is 0 Å². The van der Waals surface area contributed by atoms with Crippen LogP contribution < -0.4 is 5.73 Å². The topological polar surface area (TPSA) is 26.0 Å². The molecule has 2 aromatic rings. The summed E-state index contributed by atoms with van der Waals surface area (Å²) < 4.78 is 13.8. The molecule has 2 N–H and O–H groups in total. The van der Waals surface area contributed by atoms with Gasteiger partial charge in [-0.25, -0.2) is 4.39 Å². The third-order valence-corrected chi connectivity index (χ3v) is 3.75. The third kappa shape index (κ3) is 2.92. The first-order valence-electron chi connectivity index (χ1n) is 5.86. The lowest BCUT2D eigenvalue weighted by Gasteiger charge is -2.13. The molecule has 0 aliphatic carbocycles. The van der Waals surface area contributed by atoms with Gasteiger partial charge >= 0.3 is 0 Å². The van der Waals surface area contributed by atoms with E-state index in [1.54, 1.807) is 24.8 Å². The van der Waals surface area contributed by atoms with E-state index in [1.807, 2.05) is 31.2 Å². The molecular formula is C15H16FNS. The van der Waals surface area contributed by atoms with E-state index >= 15 is 0 Å². The second-order valence-electron chi connectivity index (χ2n) is 4.36. The second kappa shape index (κ2) is 5.55. The molecule has 0 aliphatic heterocycles. The molecule has 0 bridgehead atoms. The Hall–Kier alpha value is -1.32. The quantitative estimate of drug-likeness (QED) is 0.891. The van der Waals surface area contributed by atoms with Gasteiger partial charge in [-0.2, -0.15) is 0 Å². The summed E-state index contributed by atoms with van der Waals surface area (Å²) in [6.07, 6.45) is 0. The minimum absolute atomic E-state index is 0.234. The van der Waals surface area contributed by atoms with Gasteiger partial charge in [-0.3, -0.25) is 0 Å². The van der Waals surface area contributed by atoms with Crippen LogP contribution in [0.1, 0.15) is 24.1 Å². The van der Waals surface area contributed by atoms with Crippen molar-refractivity contribution in [1.29, 1.82) is 0 Å². The Morgan fingerprint density at radius 1 is 1.17 bits per heavy atom. The van der Waals surface area contributed by atoms with Crippen molar-refractivity contribution in [3.8, 4) is 0 Å². The fourth-order valence-corrected chi connectivity index (χ4v) is 3.04. The minimum atomic E-state index is -0.307. The number of hydrogen-bond donors (Lipinski definition) is 1. The third-order valence-electron chi connectivity index (χ3n) is 2.69. The van der Waals surface area contributed by atoms with E-state index < -0.39 is 0 Å². The highest BCUT2D eigenvalue weighted by Crippen LogP contribution is 2.34. The van der Waals surface area contributed by atoms with E-state index in [-0.39, 0.29) is 11.9 Å². The van der Waals surface area contributed by atoms with E-state index in [4.69, 9.17) is 5.73 Å². The fourth-order valence-electron chi connectivity index (χ4n) is 1.85. The van der Waals surface area contributed by atoms with Crippen LogP contribution in [0.2, 0.25) is 0 Å². The molecule has 0 saturated carbocycles. The standard InChI is InChI=1S/C15H16FNS/c1-10-5-3-6-12(9-10)18-14-8-4-7-13(16)15(14)11(2)17/h3-9,11H,17H2,1-2H3. The van der Waals surface area contributed by atoms with Crippen LogP contribution in [-0.2, 0) is 0 Å². The number of hydrogen-bond acceptors (Lipinski definition) is 2. The maximum Gasteiger partial charge on any atom is 0.129 e. The maximum absolute atomic E-state index is 13.8. The fraction of sp³-hybridized carbons (Fsp3) is 0.200. The minimum Gasteiger partial charge on any atom is -0.324 e. The predicted octanol–water partition coefficient (Wildman–Crippen LogP) is 4.31. The summed E-state index contributed by atoms with van der Waals surface area (Å²) in [6, 6.07) is 12.9. The number of aryl methyl sites for hydroxylation is 1. The van der Waals surface area contributed by atoms with Crippen molar-refractivity contribution in [1.82, 2.24) is 0 Å². The zero-order valence-corrected chi connectivity index (χ0v) is 11.3. The molecule has 2 aromatic carbocycles. The van der Waals surface area contributed by atoms with Crippen LogP contribution in [0, 0.1) is 12.7 Å². The van der Waals surface area contributed by atoms with Crippen LogP contribution in [0.3, 0.4) is 0 Å². The monoisotopic (exact) mass is 261 g/mol. The first-order valence-corrected chi connectivity index (χ1v) is 6.68. The highest BCUT2D eigenvalue weighted by molar-refractivity contribution is 7.99. The van der Waals surface area contributed by atoms with Crippen LogP contribution in [0.4, 0.5) is 4.39 Å². The predicted molar refractivity (Wildman–Crippen MR) is 74.3 cm³/mol. The lowest BCUT2D eigenvalue weighted by molar-refractivity contribution is 0.585. The van der Waals surface area contributed by atoms with E-state index in [2.05, 4.69) is 6.07 Å². The molecule has 2 rings (SSSR count). The van der Waals surface area contributed by atoms with Crippen molar-refractivity contribution in [3.05, 3.63) is 59.4 Å². The van der Waals surface area contributed by atoms with Crippen LogP contribution in [0.15, 0.2) is 52.3 Å². The molecule has 0 radical (unpaired) electrons. The average molecular weight is 261 g/mol. The first-order chi connectivity index (χ1) is 8.58. The highest BCUT2D eigenvalue weighted by Gasteiger charge is 2.13. The molecular weight excluding hydrogens is 245 g/mol. The van der Waals surface area contributed by atoms with E-state index in [0.29, 0.717) is 5.56 Å². The highest BCUT2D eigenvalue weighted by atomic mass is 32.2. The van der Waals surface area contributed by atoms with Gasteiger partial charge in [0.1, 0.15) is 5.82 Å². The summed E-state index contributed by atoms with van der Waals surface area (Å²) in [5, 5.41) is 0. The summed E-state index contributed by atoms with van der Waals surface area (Å²) >= 11 is 1.55. The Morgan fingerprint density at radius 2 is 1.89 bits per heavy atom. The number of rotatable bonds is 3. The van der Waals surface area contributed by atoms with Gasteiger partial charge < -0.3 is 5.73 Å². The first kappa shape index (κ1) is 13.1. The average Bonchev–Trinajstić information content (AvgIpc) is 2.28. The Balaban J connectivity index is 2.37. The Morgan fingerprint density at radius 3 is 2.56 bits per heavy atom. The van der Waals surface area contributed by atoms with Crippen LogP contribution in [-0.4, -0.2) is 0 Å². The van der Waals surface area contributed by atoms with Crippen molar-refractivity contribution in [2.45, 2.75) is 29.7 Å². The van der Waals surface area contributed by atoms with Crippen molar-refractivity contribution in [2.24, 2.45) is 5.73 Å². The second-order valence-corrected chi connectivity index (χ2v) is 5.47. The molecule has 0 saturated heterocycles. The van der Waals surface area contributed by atoms with Gasteiger partial charge in [-0.05, 0) is 38.1 Å². The van der Waals surface area contributed by atoms with E-state index in [1.165, 1.54) is 11.6 Å². The normalized spacial score (nSPS) is 12.4. The van der Waals surface area contributed by atoms with Crippen LogP contribution in [0.5, 0.6) is 0 Å². The molecule has 3 heteroatoms. The summed E-state index contributed by atoms with van der Waals surface area (Å²) in [4.78, 5) is 1.98. The molecule has 0 fully saturated rings. The lowest BCUT2D eigenvalue weighted by atomic mass is 10.1. The number of halogens is 1. The van der Waals surface area contributed by atoms with E-state index in [9.17, 15) is 4.39 Å². The summed E-state index contributed by atoms with van der Waals surface area (Å²) in [5.74, 6) is -0.234. The van der Waals surface area contributed by atoms with Gasteiger partial charge in [0, 0.05) is 21.4 Å². The van der Waals surface area contributed by atoms with Crippen molar-refractivity contribution < 1.29 is 4.39 Å². The van der Waals surface area contributed by atoms with E-state index in [0.717, 1.165) is 9.79 Å². The SMILES string of the molecule is Cc1cccc(Sc2cccc(F)c2C(C)N)c1. The Labute approximate surface area is 111 Å². The molecule has 0 amide bonds. The number of benzene rings is 2. The molecule has 18 heavy (non-hydrogen) atoms. The van der Waals surface area contributed by atoms with Crippen LogP contribution >= 0.6 is 11.8 Å². The molecule has 0 aromatic heterocycles. The summed E-state index contributed by atoms with van der Waals surface area (Å²) in [7, 11) is 0. The smallest absolute Gasteiger partial charge is 0.129 e. The van der Waals surface area contributed by atoms with Gasteiger partial charge in [0.2, 0.25) is 0 Å². The molecule has 94 valence electrons. The molecule has 0 heterocycles. The van der Waals surface area contributed by atoms with Gasteiger partial charge in [-0.1, -0.05) is 35.5 Å². The van der Waals surface area contributed by atoms with Crippen molar-refractivity contribution in [2.75, 3.05) is 0 Å². The van der Waals surface area contributed by atoms with Gasteiger partial charge in [0.15, 0.2) is 0 Å². The maximum atomic E-state index is 13.8. The summed E-state index contributed by atoms with van der Waals surface area (Å²) in [6.45, 7) is 3.85. The number of nitrogens with two attached hydrogens (primary N) is 1. The largest absolute Gasteiger partial charge is 0.324 e. The Kier molecular flexibility index (Phi) is 4.04.